The Bertz CT molecular complexity index is 1090. The van der Waals surface area contributed by atoms with Crippen molar-refractivity contribution in [1.29, 1.82) is 0 Å². The summed E-state index contributed by atoms with van der Waals surface area (Å²) in [6.45, 7) is 5.49. The Hall–Kier alpha value is -2.85. The lowest BCUT2D eigenvalue weighted by Crippen LogP contribution is -2.32. The van der Waals surface area contributed by atoms with Crippen LogP contribution in [-0.2, 0) is 13.0 Å². The van der Waals surface area contributed by atoms with Gasteiger partial charge in [-0.25, -0.2) is 0 Å². The summed E-state index contributed by atoms with van der Waals surface area (Å²) >= 11 is 1.72. The summed E-state index contributed by atoms with van der Waals surface area (Å²) in [6.07, 6.45) is 2.89. The molecule has 142 valence electrons. The van der Waals surface area contributed by atoms with Gasteiger partial charge in [0, 0.05) is 34.1 Å². The summed E-state index contributed by atoms with van der Waals surface area (Å²) in [4.78, 5) is 19.8. The first-order valence-electron chi connectivity index (χ1n) is 9.56. The highest BCUT2D eigenvalue weighted by molar-refractivity contribution is 7.10. The van der Waals surface area contributed by atoms with Crippen molar-refractivity contribution in [3.63, 3.8) is 0 Å². The van der Waals surface area contributed by atoms with Crippen molar-refractivity contribution in [3.8, 4) is 0 Å². The zero-order chi connectivity index (χ0) is 19.5. The van der Waals surface area contributed by atoms with Crippen LogP contribution in [0.25, 0.3) is 10.9 Å². The number of carbonyl (C=O) groups is 1. The second-order valence-electron chi connectivity index (χ2n) is 7.23. The van der Waals surface area contributed by atoms with E-state index < -0.39 is 0 Å². The third kappa shape index (κ3) is 3.87. The Morgan fingerprint density at radius 1 is 1.04 bits per heavy atom. The number of hydrogen-bond donors (Lipinski definition) is 1. The number of hydrogen-bond acceptors (Lipinski definition) is 2. The van der Waals surface area contributed by atoms with Crippen molar-refractivity contribution in [2.24, 2.45) is 0 Å². The molecule has 0 radical (unpaired) electrons. The van der Waals surface area contributed by atoms with Gasteiger partial charge in [-0.05, 0) is 61.0 Å². The molecule has 1 amide bonds. The third-order valence-electron chi connectivity index (χ3n) is 5.21. The predicted octanol–water partition coefficient (Wildman–Crippen LogP) is 5.73. The molecule has 0 atom stereocenters. The summed E-state index contributed by atoms with van der Waals surface area (Å²) in [5, 5.41) is 3.33. The highest BCUT2D eigenvalue weighted by Gasteiger charge is 2.18. The first kappa shape index (κ1) is 18.5. The second kappa shape index (κ2) is 8.03. The first-order valence-corrected chi connectivity index (χ1v) is 10.4. The lowest BCUT2D eigenvalue weighted by Gasteiger charge is -2.23. The maximum atomic E-state index is 13.2. The first-order chi connectivity index (χ1) is 13.6. The van der Waals surface area contributed by atoms with Crippen molar-refractivity contribution in [2.45, 2.75) is 26.8 Å². The minimum Gasteiger partial charge on any atom is -0.361 e. The van der Waals surface area contributed by atoms with Gasteiger partial charge in [-0.1, -0.05) is 35.9 Å². The minimum absolute atomic E-state index is 0.0904. The molecule has 0 aliphatic rings. The lowest BCUT2D eigenvalue weighted by molar-refractivity contribution is 0.0746. The van der Waals surface area contributed by atoms with E-state index in [0.29, 0.717) is 13.1 Å². The average molecular weight is 389 g/mol. The zero-order valence-corrected chi connectivity index (χ0v) is 17.1. The molecule has 2 heterocycles. The van der Waals surface area contributed by atoms with Crippen LogP contribution in [0, 0.1) is 13.8 Å². The van der Waals surface area contributed by atoms with Gasteiger partial charge < -0.3 is 9.88 Å². The standard InChI is InChI=1S/C24H24N2OS/c1-17-7-9-19(10-8-17)24(27)26(16-23-18(2)12-14-28-23)13-11-20-15-25-22-6-4-3-5-21(20)22/h3-10,12,14-15,25H,11,13,16H2,1-2H3. The van der Waals surface area contributed by atoms with Crippen LogP contribution < -0.4 is 0 Å². The van der Waals surface area contributed by atoms with Crippen LogP contribution >= 0.6 is 11.3 Å². The van der Waals surface area contributed by atoms with Gasteiger partial charge >= 0.3 is 0 Å². The third-order valence-corrected chi connectivity index (χ3v) is 6.22. The Kier molecular flexibility index (Phi) is 5.31. The fraction of sp³-hybridized carbons (Fsp3) is 0.208. The number of benzene rings is 2. The van der Waals surface area contributed by atoms with E-state index in [9.17, 15) is 4.79 Å². The maximum Gasteiger partial charge on any atom is 0.254 e. The van der Waals surface area contributed by atoms with Crippen LogP contribution in [-0.4, -0.2) is 22.3 Å². The minimum atomic E-state index is 0.0904. The number of thiophene rings is 1. The smallest absolute Gasteiger partial charge is 0.254 e. The molecule has 0 aliphatic carbocycles. The molecular weight excluding hydrogens is 364 g/mol. The molecule has 0 fully saturated rings. The predicted molar refractivity (Wildman–Crippen MR) is 117 cm³/mol. The van der Waals surface area contributed by atoms with Crippen LogP contribution in [0.1, 0.15) is 31.9 Å². The Morgan fingerprint density at radius 3 is 2.57 bits per heavy atom. The highest BCUT2D eigenvalue weighted by Crippen LogP contribution is 2.22. The zero-order valence-electron chi connectivity index (χ0n) is 16.2. The largest absolute Gasteiger partial charge is 0.361 e. The van der Waals surface area contributed by atoms with E-state index in [-0.39, 0.29) is 5.91 Å². The number of nitrogens with one attached hydrogen (secondary N) is 1. The van der Waals surface area contributed by atoms with Gasteiger partial charge in [0.05, 0.1) is 6.54 Å². The van der Waals surface area contributed by atoms with Crippen molar-refractivity contribution in [2.75, 3.05) is 6.54 Å². The van der Waals surface area contributed by atoms with E-state index in [1.54, 1.807) is 11.3 Å². The van der Waals surface area contributed by atoms with E-state index in [0.717, 1.165) is 23.1 Å². The molecule has 0 aliphatic heterocycles. The molecule has 4 aromatic rings. The Labute approximate surface area is 169 Å². The highest BCUT2D eigenvalue weighted by atomic mass is 32.1. The molecule has 0 spiro atoms. The number of carbonyl (C=O) groups excluding carboxylic acids is 1. The van der Waals surface area contributed by atoms with Crippen LogP contribution in [0.15, 0.2) is 66.2 Å². The van der Waals surface area contributed by atoms with Gasteiger partial charge in [0.15, 0.2) is 0 Å². The van der Waals surface area contributed by atoms with Crippen molar-refractivity contribution in [1.82, 2.24) is 9.88 Å². The van der Waals surface area contributed by atoms with Gasteiger partial charge in [0.1, 0.15) is 0 Å². The molecule has 0 unspecified atom stereocenters. The molecule has 28 heavy (non-hydrogen) atoms. The van der Waals surface area contributed by atoms with E-state index >= 15 is 0 Å². The fourth-order valence-electron chi connectivity index (χ4n) is 3.46. The molecule has 0 bridgehead atoms. The number of aromatic amines is 1. The van der Waals surface area contributed by atoms with Gasteiger partial charge in [0.2, 0.25) is 0 Å². The lowest BCUT2D eigenvalue weighted by atomic mass is 10.1. The number of aryl methyl sites for hydroxylation is 2. The molecule has 1 N–H and O–H groups in total. The van der Waals surface area contributed by atoms with Crippen molar-refractivity contribution >= 4 is 28.1 Å². The summed E-state index contributed by atoms with van der Waals surface area (Å²) in [6, 6.07) is 18.3. The molecule has 4 rings (SSSR count). The second-order valence-corrected chi connectivity index (χ2v) is 8.23. The monoisotopic (exact) mass is 388 g/mol. The van der Waals surface area contributed by atoms with Crippen LogP contribution in [0.5, 0.6) is 0 Å². The number of aromatic nitrogens is 1. The Morgan fingerprint density at radius 2 is 1.82 bits per heavy atom. The summed E-state index contributed by atoms with van der Waals surface area (Å²) in [5.74, 6) is 0.0904. The van der Waals surface area contributed by atoms with Crippen LogP contribution in [0.3, 0.4) is 0 Å². The number of H-pyrrole nitrogens is 1. The number of rotatable bonds is 6. The molecule has 3 nitrogen and oxygen atoms in total. The number of para-hydroxylation sites is 1. The SMILES string of the molecule is Cc1ccc(C(=O)N(CCc2c[nH]c3ccccc23)Cc2sccc2C)cc1. The molecule has 4 heteroatoms. The topological polar surface area (TPSA) is 36.1 Å². The molecular formula is C24H24N2OS. The van der Waals surface area contributed by atoms with Gasteiger partial charge in [-0.15, -0.1) is 11.3 Å². The number of nitrogens with zero attached hydrogens (tertiary/aromatic N) is 1. The average Bonchev–Trinajstić information content (AvgIpc) is 3.31. The molecule has 0 saturated heterocycles. The van der Waals surface area contributed by atoms with E-state index in [1.165, 1.54) is 21.4 Å². The number of fused-ring (bicyclic) bond motifs is 1. The van der Waals surface area contributed by atoms with E-state index in [2.05, 4.69) is 47.8 Å². The Balaban J connectivity index is 1.58. The van der Waals surface area contributed by atoms with Crippen molar-refractivity contribution in [3.05, 3.63) is 93.3 Å². The molecule has 2 aromatic carbocycles. The van der Waals surface area contributed by atoms with Crippen LogP contribution in [0.2, 0.25) is 0 Å². The molecule has 0 saturated carbocycles. The van der Waals surface area contributed by atoms with Crippen molar-refractivity contribution < 1.29 is 4.79 Å². The van der Waals surface area contributed by atoms with E-state index in [4.69, 9.17) is 0 Å². The van der Waals surface area contributed by atoms with E-state index in [1.807, 2.05) is 42.2 Å². The normalized spacial score (nSPS) is 11.1. The summed E-state index contributed by atoms with van der Waals surface area (Å²) in [5.41, 5.74) is 5.55. The summed E-state index contributed by atoms with van der Waals surface area (Å²) < 4.78 is 0. The van der Waals surface area contributed by atoms with Gasteiger partial charge in [-0.3, -0.25) is 4.79 Å². The van der Waals surface area contributed by atoms with Crippen LogP contribution in [0.4, 0.5) is 0 Å². The fourth-order valence-corrected chi connectivity index (χ4v) is 4.39. The number of amides is 1. The van der Waals surface area contributed by atoms with Gasteiger partial charge in [0.25, 0.3) is 5.91 Å². The quantitative estimate of drug-likeness (QED) is 0.450. The molecule has 2 aromatic heterocycles. The maximum absolute atomic E-state index is 13.2. The summed E-state index contributed by atoms with van der Waals surface area (Å²) in [7, 11) is 0. The van der Waals surface area contributed by atoms with Gasteiger partial charge in [-0.2, -0.15) is 0 Å².